The number of aryl methyl sites for hydroxylation is 1. The van der Waals surface area contributed by atoms with Gasteiger partial charge in [-0.1, -0.05) is 0 Å². The molecule has 0 atom stereocenters. The molecule has 17 heavy (non-hydrogen) atoms. The van der Waals surface area contributed by atoms with Crippen LogP contribution in [-0.4, -0.2) is 21.0 Å². The van der Waals surface area contributed by atoms with Crippen LogP contribution in [-0.2, 0) is 10.2 Å². The number of nitrogens with zero attached hydrogens (tertiary/aromatic N) is 1. The molecule has 1 saturated carbocycles. The van der Waals surface area contributed by atoms with Crippen molar-refractivity contribution in [2.75, 3.05) is 0 Å². The fraction of sp³-hybridized carbons (Fsp3) is 0.333. The molecule has 5 heteroatoms. The van der Waals surface area contributed by atoms with Crippen molar-refractivity contribution in [1.29, 1.82) is 0 Å². The van der Waals surface area contributed by atoms with Crippen molar-refractivity contribution in [3.63, 3.8) is 0 Å². The summed E-state index contributed by atoms with van der Waals surface area (Å²) < 4.78 is 5.46. The van der Waals surface area contributed by atoms with Gasteiger partial charge in [0.1, 0.15) is 22.7 Å². The summed E-state index contributed by atoms with van der Waals surface area (Å²) in [5.41, 5.74) is -0.0690. The Balaban J connectivity index is 1.96. The fourth-order valence-electron chi connectivity index (χ4n) is 1.95. The summed E-state index contributed by atoms with van der Waals surface area (Å²) in [6.07, 6.45) is 2.91. The van der Waals surface area contributed by atoms with Crippen LogP contribution in [0.4, 0.5) is 0 Å². The van der Waals surface area contributed by atoms with Crippen molar-refractivity contribution in [3.8, 4) is 11.5 Å². The maximum Gasteiger partial charge on any atom is 0.317 e. The fourth-order valence-corrected chi connectivity index (χ4v) is 1.95. The molecule has 0 radical (unpaired) electrons. The predicted molar refractivity (Wildman–Crippen MR) is 59.6 cm³/mol. The van der Waals surface area contributed by atoms with E-state index in [1.807, 2.05) is 19.1 Å². The van der Waals surface area contributed by atoms with Gasteiger partial charge in [-0.3, -0.25) is 4.79 Å². The molecular weight excluding hydrogens is 220 g/mol. The van der Waals surface area contributed by atoms with Gasteiger partial charge in [0, 0.05) is 0 Å². The molecule has 0 spiro atoms. The Morgan fingerprint density at radius 3 is 2.82 bits per heavy atom. The lowest BCUT2D eigenvalue weighted by atomic mass is 10.1. The number of nitrogens with one attached hydrogen (secondary N) is 1. The lowest BCUT2D eigenvalue weighted by Crippen LogP contribution is -2.20. The molecule has 0 unspecified atom stereocenters. The summed E-state index contributed by atoms with van der Waals surface area (Å²) >= 11 is 0. The molecule has 0 amide bonds. The first kappa shape index (κ1) is 10.1. The van der Waals surface area contributed by atoms with Crippen molar-refractivity contribution >= 4 is 5.97 Å². The average molecular weight is 232 g/mol. The Kier molecular flexibility index (Phi) is 1.92. The number of carbonyl (C=O) groups is 1. The zero-order chi connectivity index (χ0) is 12.0. The van der Waals surface area contributed by atoms with Crippen LogP contribution in [0.2, 0.25) is 0 Å². The molecule has 0 saturated heterocycles. The van der Waals surface area contributed by atoms with E-state index in [1.165, 1.54) is 0 Å². The normalized spacial score (nSPS) is 17.0. The molecule has 1 fully saturated rings. The van der Waals surface area contributed by atoms with Crippen LogP contribution in [0.5, 0.6) is 0 Å². The lowest BCUT2D eigenvalue weighted by Gasteiger charge is -2.04. The molecule has 2 aromatic rings. The number of carboxylic acid groups (broad SMARTS) is 1. The van der Waals surface area contributed by atoms with Crippen LogP contribution in [0.1, 0.15) is 24.4 Å². The SMILES string of the molecule is Cc1ccc(-c2cnc(C3(C(=O)O)CC3)[nH]2)o1. The summed E-state index contributed by atoms with van der Waals surface area (Å²) in [5.74, 6) is 1.21. The zero-order valence-electron chi connectivity index (χ0n) is 9.36. The zero-order valence-corrected chi connectivity index (χ0v) is 9.36. The Labute approximate surface area is 97.5 Å². The van der Waals surface area contributed by atoms with E-state index in [0.29, 0.717) is 24.4 Å². The first-order valence-electron chi connectivity index (χ1n) is 5.47. The second-order valence-corrected chi connectivity index (χ2v) is 4.44. The van der Waals surface area contributed by atoms with Crippen LogP contribution in [0.15, 0.2) is 22.7 Å². The molecule has 2 heterocycles. The number of imidazole rings is 1. The second kappa shape index (κ2) is 3.23. The lowest BCUT2D eigenvalue weighted by molar-refractivity contribution is -0.140. The third-order valence-corrected chi connectivity index (χ3v) is 3.19. The minimum absolute atomic E-state index is 0.522. The number of hydrogen-bond acceptors (Lipinski definition) is 3. The van der Waals surface area contributed by atoms with Gasteiger partial charge in [-0.15, -0.1) is 0 Å². The number of H-pyrrole nitrogens is 1. The molecule has 1 aliphatic carbocycles. The smallest absolute Gasteiger partial charge is 0.317 e. The van der Waals surface area contributed by atoms with Crippen molar-refractivity contribution in [3.05, 3.63) is 29.9 Å². The number of aromatic amines is 1. The quantitative estimate of drug-likeness (QED) is 0.849. The first-order chi connectivity index (χ1) is 8.12. The molecule has 0 bridgehead atoms. The molecule has 0 aliphatic heterocycles. The molecule has 5 nitrogen and oxygen atoms in total. The Morgan fingerprint density at radius 2 is 2.29 bits per heavy atom. The van der Waals surface area contributed by atoms with Crippen molar-refractivity contribution < 1.29 is 14.3 Å². The minimum Gasteiger partial charge on any atom is -0.480 e. The number of aromatic nitrogens is 2. The monoisotopic (exact) mass is 232 g/mol. The number of furan rings is 1. The number of hydrogen-bond donors (Lipinski definition) is 2. The number of aliphatic carboxylic acids is 1. The van der Waals surface area contributed by atoms with E-state index in [2.05, 4.69) is 9.97 Å². The van der Waals surface area contributed by atoms with Crippen molar-refractivity contribution in [2.24, 2.45) is 0 Å². The van der Waals surface area contributed by atoms with Gasteiger partial charge >= 0.3 is 5.97 Å². The molecule has 2 aromatic heterocycles. The van der Waals surface area contributed by atoms with Crippen LogP contribution in [0.3, 0.4) is 0 Å². The summed E-state index contributed by atoms with van der Waals surface area (Å²) in [5, 5.41) is 9.16. The standard InChI is InChI=1S/C12H12N2O3/c1-7-2-3-9(17-7)8-6-13-10(14-8)12(4-5-12)11(15)16/h2-3,6H,4-5H2,1H3,(H,13,14)(H,15,16). The van der Waals surface area contributed by atoms with E-state index in [1.54, 1.807) is 6.20 Å². The Hall–Kier alpha value is -2.04. The van der Waals surface area contributed by atoms with Crippen LogP contribution in [0, 0.1) is 6.92 Å². The van der Waals surface area contributed by atoms with E-state index in [4.69, 9.17) is 9.52 Å². The highest BCUT2D eigenvalue weighted by Crippen LogP contribution is 2.47. The van der Waals surface area contributed by atoms with Gasteiger partial charge in [0.25, 0.3) is 0 Å². The van der Waals surface area contributed by atoms with Gasteiger partial charge in [-0.2, -0.15) is 0 Å². The van der Waals surface area contributed by atoms with Crippen LogP contribution >= 0.6 is 0 Å². The van der Waals surface area contributed by atoms with Crippen LogP contribution in [0.25, 0.3) is 11.5 Å². The molecular formula is C12H12N2O3. The molecule has 0 aromatic carbocycles. The second-order valence-electron chi connectivity index (χ2n) is 4.44. The minimum atomic E-state index is -0.811. The van der Waals surface area contributed by atoms with E-state index >= 15 is 0 Å². The number of rotatable bonds is 3. The maximum atomic E-state index is 11.2. The number of carboxylic acids is 1. The van der Waals surface area contributed by atoms with Gasteiger partial charge in [0.05, 0.1) is 6.20 Å². The molecule has 1 aliphatic rings. The van der Waals surface area contributed by atoms with Crippen molar-refractivity contribution in [2.45, 2.75) is 25.2 Å². The molecule has 88 valence electrons. The Morgan fingerprint density at radius 1 is 1.53 bits per heavy atom. The third kappa shape index (κ3) is 1.46. The topological polar surface area (TPSA) is 79.1 Å². The highest BCUT2D eigenvalue weighted by Gasteiger charge is 2.54. The summed E-state index contributed by atoms with van der Waals surface area (Å²) in [4.78, 5) is 18.4. The first-order valence-corrected chi connectivity index (χ1v) is 5.47. The average Bonchev–Trinajstić information content (AvgIpc) is 2.76. The predicted octanol–water partition coefficient (Wildman–Crippen LogP) is 2.09. The highest BCUT2D eigenvalue weighted by atomic mass is 16.4. The largest absolute Gasteiger partial charge is 0.480 e. The molecule has 3 rings (SSSR count). The van der Waals surface area contributed by atoms with E-state index < -0.39 is 11.4 Å². The third-order valence-electron chi connectivity index (χ3n) is 3.19. The van der Waals surface area contributed by atoms with Gasteiger partial charge in [0.15, 0.2) is 5.76 Å². The van der Waals surface area contributed by atoms with Crippen molar-refractivity contribution in [1.82, 2.24) is 9.97 Å². The highest BCUT2D eigenvalue weighted by molar-refractivity contribution is 5.83. The van der Waals surface area contributed by atoms with Gasteiger partial charge in [-0.05, 0) is 31.9 Å². The van der Waals surface area contributed by atoms with E-state index in [9.17, 15) is 4.79 Å². The van der Waals surface area contributed by atoms with Gasteiger partial charge in [-0.25, -0.2) is 4.98 Å². The maximum absolute atomic E-state index is 11.2. The van der Waals surface area contributed by atoms with E-state index in [0.717, 1.165) is 11.5 Å². The van der Waals surface area contributed by atoms with Gasteiger partial charge in [0.2, 0.25) is 0 Å². The summed E-state index contributed by atoms with van der Waals surface area (Å²) in [6, 6.07) is 3.70. The Bertz CT molecular complexity index is 578. The van der Waals surface area contributed by atoms with Gasteiger partial charge < -0.3 is 14.5 Å². The summed E-state index contributed by atoms with van der Waals surface area (Å²) in [7, 11) is 0. The summed E-state index contributed by atoms with van der Waals surface area (Å²) in [6.45, 7) is 1.86. The van der Waals surface area contributed by atoms with E-state index in [-0.39, 0.29) is 0 Å². The van der Waals surface area contributed by atoms with Crippen LogP contribution < -0.4 is 0 Å². The molecule has 2 N–H and O–H groups in total.